The van der Waals surface area contributed by atoms with Gasteiger partial charge >= 0.3 is 0 Å². The molecule has 2 aliphatic heterocycles. The number of hydrogen-bond donors (Lipinski definition) is 1. The lowest BCUT2D eigenvalue weighted by atomic mass is 9.91. The number of rotatable bonds is 4. The number of likely N-dealkylation sites (N-methyl/N-ethyl adjacent to an activating group) is 1. The number of piperidine rings is 1. The number of carbonyl (C=O) groups excluding carboxylic acids is 2. The molecule has 2 aliphatic carbocycles. The van der Waals surface area contributed by atoms with E-state index in [4.69, 9.17) is 0 Å². The first-order valence-electron chi connectivity index (χ1n) is 11.1. The summed E-state index contributed by atoms with van der Waals surface area (Å²) in [7, 11) is 1.98. The van der Waals surface area contributed by atoms with Gasteiger partial charge in [-0.15, -0.1) is 24.8 Å². The van der Waals surface area contributed by atoms with Crippen molar-refractivity contribution in [2.24, 2.45) is 11.3 Å². The molecule has 0 aromatic carbocycles. The molecule has 1 atom stereocenters. The lowest BCUT2D eigenvalue weighted by Crippen LogP contribution is -2.52. The van der Waals surface area contributed by atoms with E-state index in [1.165, 1.54) is 19.3 Å². The third-order valence-corrected chi connectivity index (χ3v) is 7.65. The Morgan fingerprint density at radius 3 is 2.24 bits per heavy atom. The van der Waals surface area contributed by atoms with E-state index in [2.05, 4.69) is 15.1 Å². The SMILES string of the molecule is CN(C(=O)CN1CCN(C(=O)C2CC23CCNCC3)CC1)C1CCCCC1.Cl.Cl. The molecule has 1 spiro atoms. The summed E-state index contributed by atoms with van der Waals surface area (Å²) in [6.07, 6.45) is 9.54. The second kappa shape index (κ2) is 10.7. The fourth-order valence-corrected chi connectivity index (χ4v) is 5.50. The molecule has 1 N–H and O–H groups in total. The van der Waals surface area contributed by atoms with Gasteiger partial charge < -0.3 is 15.1 Å². The second-order valence-electron chi connectivity index (χ2n) is 9.27. The fourth-order valence-electron chi connectivity index (χ4n) is 5.50. The van der Waals surface area contributed by atoms with Gasteiger partial charge in [0, 0.05) is 45.2 Å². The van der Waals surface area contributed by atoms with Gasteiger partial charge in [-0.05, 0) is 50.6 Å². The minimum Gasteiger partial charge on any atom is -0.342 e. The number of hydrogen-bond acceptors (Lipinski definition) is 4. The molecular weight excluding hydrogens is 411 g/mol. The van der Waals surface area contributed by atoms with Gasteiger partial charge in [0.2, 0.25) is 11.8 Å². The largest absolute Gasteiger partial charge is 0.342 e. The highest BCUT2D eigenvalue weighted by Crippen LogP contribution is 2.59. The van der Waals surface area contributed by atoms with Crippen LogP contribution >= 0.6 is 24.8 Å². The Kier molecular flexibility index (Phi) is 9.07. The van der Waals surface area contributed by atoms with Crippen LogP contribution in [0.4, 0.5) is 0 Å². The molecule has 2 saturated carbocycles. The lowest BCUT2D eigenvalue weighted by molar-refractivity contribution is -0.137. The zero-order valence-electron chi connectivity index (χ0n) is 17.7. The standard InChI is InChI=1S/C21H36N4O2.2ClH/c1-23(17-5-3-2-4-6-17)19(26)16-24-11-13-25(14-12-24)20(27)18-15-21(18)7-9-22-10-8-21;;/h17-18,22H,2-16H2,1H3;2*1H. The molecule has 6 nitrogen and oxygen atoms in total. The molecule has 0 bridgehead atoms. The summed E-state index contributed by atoms with van der Waals surface area (Å²) >= 11 is 0. The Labute approximate surface area is 187 Å². The normalized spacial score (nSPS) is 26.9. The number of halogens is 2. The molecule has 8 heteroatoms. The number of nitrogens with one attached hydrogen (secondary N) is 1. The number of amides is 2. The zero-order chi connectivity index (χ0) is 18.9. The van der Waals surface area contributed by atoms with Crippen molar-refractivity contribution < 1.29 is 9.59 Å². The highest BCUT2D eigenvalue weighted by Gasteiger charge is 2.58. The number of carbonyl (C=O) groups is 2. The maximum Gasteiger partial charge on any atom is 0.236 e. The van der Waals surface area contributed by atoms with E-state index in [-0.39, 0.29) is 36.6 Å². The van der Waals surface area contributed by atoms with Crippen molar-refractivity contribution in [1.82, 2.24) is 20.0 Å². The molecule has 0 aromatic heterocycles. The molecular formula is C21H38Cl2N4O2. The summed E-state index contributed by atoms with van der Waals surface area (Å²) in [5, 5.41) is 3.41. The van der Waals surface area contributed by atoms with E-state index in [9.17, 15) is 9.59 Å². The van der Waals surface area contributed by atoms with Crippen molar-refractivity contribution >= 4 is 36.6 Å². The van der Waals surface area contributed by atoms with E-state index in [1.807, 2.05) is 11.9 Å². The average molecular weight is 449 g/mol. The molecule has 2 saturated heterocycles. The maximum absolute atomic E-state index is 12.9. The van der Waals surface area contributed by atoms with Crippen LogP contribution in [0, 0.1) is 11.3 Å². The van der Waals surface area contributed by atoms with Gasteiger partial charge in [0.15, 0.2) is 0 Å². The van der Waals surface area contributed by atoms with Crippen LogP contribution in [-0.2, 0) is 9.59 Å². The van der Waals surface area contributed by atoms with Crippen LogP contribution in [0.3, 0.4) is 0 Å². The highest BCUT2D eigenvalue weighted by atomic mass is 35.5. The summed E-state index contributed by atoms with van der Waals surface area (Å²) in [5.41, 5.74) is 0.318. The predicted molar refractivity (Wildman–Crippen MR) is 120 cm³/mol. The van der Waals surface area contributed by atoms with E-state index < -0.39 is 0 Å². The number of nitrogens with zero attached hydrogens (tertiary/aromatic N) is 3. The molecule has 29 heavy (non-hydrogen) atoms. The summed E-state index contributed by atoms with van der Waals surface area (Å²) in [6, 6.07) is 0.435. The van der Waals surface area contributed by atoms with Crippen molar-refractivity contribution in [1.29, 1.82) is 0 Å². The number of piperazine rings is 1. The molecule has 4 fully saturated rings. The molecule has 0 aromatic rings. The van der Waals surface area contributed by atoms with Crippen molar-refractivity contribution in [2.75, 3.05) is 52.9 Å². The molecule has 2 amide bonds. The van der Waals surface area contributed by atoms with Crippen molar-refractivity contribution in [2.45, 2.75) is 57.4 Å². The van der Waals surface area contributed by atoms with Crippen LogP contribution in [0.2, 0.25) is 0 Å². The highest BCUT2D eigenvalue weighted by molar-refractivity contribution is 5.85. The summed E-state index contributed by atoms with van der Waals surface area (Å²) < 4.78 is 0. The predicted octanol–water partition coefficient (Wildman–Crippen LogP) is 2.16. The summed E-state index contributed by atoms with van der Waals surface area (Å²) in [4.78, 5) is 31.8. The molecule has 4 aliphatic rings. The maximum atomic E-state index is 12.9. The minimum atomic E-state index is 0. The average Bonchev–Trinajstić information content (AvgIpc) is 3.41. The lowest BCUT2D eigenvalue weighted by Gasteiger charge is -2.37. The Hall–Kier alpha value is -0.560. The Morgan fingerprint density at radius 2 is 1.62 bits per heavy atom. The first kappa shape index (κ1) is 24.7. The van der Waals surface area contributed by atoms with Gasteiger partial charge in [-0.3, -0.25) is 14.5 Å². The summed E-state index contributed by atoms with van der Waals surface area (Å²) in [6.45, 7) is 5.86. The van der Waals surface area contributed by atoms with Crippen molar-refractivity contribution in [3.05, 3.63) is 0 Å². The van der Waals surface area contributed by atoms with Gasteiger partial charge in [-0.25, -0.2) is 0 Å². The second-order valence-corrected chi connectivity index (χ2v) is 9.27. The van der Waals surface area contributed by atoms with Gasteiger partial charge in [0.05, 0.1) is 6.54 Å². The first-order chi connectivity index (χ1) is 13.1. The molecule has 0 radical (unpaired) electrons. The molecule has 1 unspecified atom stereocenters. The Balaban J connectivity index is 0.00000150. The monoisotopic (exact) mass is 448 g/mol. The Bertz CT molecular complexity index is 557. The van der Waals surface area contributed by atoms with Gasteiger partial charge in [0.1, 0.15) is 0 Å². The van der Waals surface area contributed by atoms with Crippen LogP contribution in [0.15, 0.2) is 0 Å². The Morgan fingerprint density at radius 1 is 1.00 bits per heavy atom. The van der Waals surface area contributed by atoms with E-state index in [0.29, 0.717) is 23.9 Å². The van der Waals surface area contributed by atoms with E-state index in [0.717, 1.165) is 71.4 Å². The van der Waals surface area contributed by atoms with Crippen LogP contribution in [0.5, 0.6) is 0 Å². The van der Waals surface area contributed by atoms with Crippen LogP contribution in [-0.4, -0.2) is 85.4 Å². The smallest absolute Gasteiger partial charge is 0.236 e. The van der Waals surface area contributed by atoms with Crippen LogP contribution < -0.4 is 5.32 Å². The fraction of sp³-hybridized carbons (Fsp3) is 0.905. The molecule has 2 heterocycles. The van der Waals surface area contributed by atoms with Crippen LogP contribution in [0.25, 0.3) is 0 Å². The molecule has 4 rings (SSSR count). The first-order valence-corrected chi connectivity index (χ1v) is 11.1. The van der Waals surface area contributed by atoms with E-state index in [1.54, 1.807) is 0 Å². The summed E-state index contributed by atoms with van der Waals surface area (Å²) in [5.74, 6) is 0.893. The van der Waals surface area contributed by atoms with E-state index >= 15 is 0 Å². The van der Waals surface area contributed by atoms with Crippen molar-refractivity contribution in [3.8, 4) is 0 Å². The van der Waals surface area contributed by atoms with Gasteiger partial charge in [0.25, 0.3) is 0 Å². The molecule has 168 valence electrons. The third kappa shape index (κ3) is 5.57. The topological polar surface area (TPSA) is 55.9 Å². The third-order valence-electron chi connectivity index (χ3n) is 7.65. The van der Waals surface area contributed by atoms with Gasteiger partial charge in [-0.1, -0.05) is 19.3 Å². The van der Waals surface area contributed by atoms with Gasteiger partial charge in [-0.2, -0.15) is 0 Å². The van der Waals surface area contributed by atoms with Crippen molar-refractivity contribution in [3.63, 3.8) is 0 Å². The zero-order valence-corrected chi connectivity index (χ0v) is 19.4. The van der Waals surface area contributed by atoms with Crippen LogP contribution in [0.1, 0.15) is 51.4 Å². The quantitative estimate of drug-likeness (QED) is 0.715. The minimum absolute atomic E-state index is 0.